The normalized spacial score (nSPS) is 13.4. The summed E-state index contributed by atoms with van der Waals surface area (Å²) in [6.45, 7) is 2.53. The fraction of sp³-hybridized carbons (Fsp3) is 0.194. The van der Waals surface area contributed by atoms with Gasteiger partial charge in [-0.1, -0.05) is 48.0 Å². The summed E-state index contributed by atoms with van der Waals surface area (Å²) in [5.41, 5.74) is 4.52. The van der Waals surface area contributed by atoms with Gasteiger partial charge in [0.1, 0.15) is 17.2 Å². The van der Waals surface area contributed by atoms with Crippen LogP contribution < -0.4 is 19.8 Å². The highest BCUT2D eigenvalue weighted by molar-refractivity contribution is 6.32. The lowest BCUT2D eigenvalue weighted by Crippen LogP contribution is -2.50. The Balaban J connectivity index is 1.20. The fourth-order valence-electron chi connectivity index (χ4n) is 4.72. The first-order valence-electron chi connectivity index (χ1n) is 13.1. The number of phenolic OH excluding ortho intramolecular Hbond substituents is 1. The van der Waals surface area contributed by atoms with Gasteiger partial charge in [-0.25, -0.2) is 5.43 Å². The van der Waals surface area contributed by atoms with Crippen LogP contribution in [0.2, 0.25) is 5.02 Å². The van der Waals surface area contributed by atoms with Crippen molar-refractivity contribution in [3.05, 3.63) is 95.0 Å². The molecule has 0 atom stereocenters. The van der Waals surface area contributed by atoms with Crippen molar-refractivity contribution < 1.29 is 24.2 Å². The van der Waals surface area contributed by atoms with E-state index in [-0.39, 0.29) is 28.8 Å². The fourth-order valence-corrected chi connectivity index (χ4v) is 4.91. The molecule has 0 bridgehead atoms. The number of piperazine rings is 1. The Kier molecular flexibility index (Phi) is 8.55. The highest BCUT2D eigenvalue weighted by Gasteiger charge is 2.23. The van der Waals surface area contributed by atoms with E-state index in [0.29, 0.717) is 31.9 Å². The zero-order chi connectivity index (χ0) is 28.8. The maximum atomic E-state index is 13.0. The monoisotopic (exact) mass is 572 g/mol. The van der Waals surface area contributed by atoms with E-state index in [2.05, 4.69) is 15.4 Å². The molecule has 0 saturated carbocycles. The number of hydrogen-bond donors (Lipinski definition) is 2. The summed E-state index contributed by atoms with van der Waals surface area (Å²) in [6, 6.07) is 23.3. The SMILES string of the molecule is COc1ccccc1N1CCN(C(=O)COc2ccc(/C=N/NC(=O)c3ccc(O)c(Cl)c3)c3ccccc23)CC1. The summed E-state index contributed by atoms with van der Waals surface area (Å²) in [4.78, 5) is 29.4. The van der Waals surface area contributed by atoms with E-state index >= 15 is 0 Å². The molecule has 0 spiro atoms. The third-order valence-corrected chi connectivity index (χ3v) is 7.21. The van der Waals surface area contributed by atoms with E-state index in [1.165, 1.54) is 18.2 Å². The molecule has 2 amide bonds. The lowest BCUT2D eigenvalue weighted by molar-refractivity contribution is -0.133. The Bertz CT molecular complexity index is 1600. The van der Waals surface area contributed by atoms with Gasteiger partial charge in [-0.2, -0.15) is 5.10 Å². The number of halogens is 1. The van der Waals surface area contributed by atoms with Gasteiger partial charge < -0.3 is 24.4 Å². The summed E-state index contributed by atoms with van der Waals surface area (Å²) in [5.74, 6) is 0.766. The van der Waals surface area contributed by atoms with Crippen LogP contribution in [0.5, 0.6) is 17.2 Å². The van der Waals surface area contributed by atoms with Gasteiger partial charge in [0.15, 0.2) is 6.61 Å². The summed E-state index contributed by atoms with van der Waals surface area (Å²) in [6.07, 6.45) is 1.54. The zero-order valence-electron chi connectivity index (χ0n) is 22.4. The molecule has 4 aromatic rings. The highest BCUT2D eigenvalue weighted by atomic mass is 35.5. The molecule has 0 aliphatic carbocycles. The Morgan fingerprint density at radius 2 is 1.68 bits per heavy atom. The molecule has 2 N–H and O–H groups in total. The molecule has 1 heterocycles. The highest BCUT2D eigenvalue weighted by Crippen LogP contribution is 2.30. The molecule has 0 aromatic heterocycles. The van der Waals surface area contributed by atoms with Crippen LogP contribution in [0.4, 0.5) is 5.69 Å². The van der Waals surface area contributed by atoms with Crippen molar-refractivity contribution in [3.8, 4) is 17.2 Å². The number of carbonyl (C=O) groups is 2. The molecule has 4 aromatic carbocycles. The number of fused-ring (bicyclic) bond motifs is 1. The van der Waals surface area contributed by atoms with E-state index in [1.54, 1.807) is 19.4 Å². The first kappa shape index (κ1) is 27.8. The zero-order valence-corrected chi connectivity index (χ0v) is 23.2. The number of hydrazone groups is 1. The standard InChI is InChI=1S/C31H29ClN4O5/c1-40-29-9-5-4-8-26(29)35-14-16-36(17-15-35)30(38)20-41-28-13-11-22(23-6-2-3-7-24(23)28)19-33-34-31(39)21-10-12-27(37)25(32)18-21/h2-13,18-19,37H,14-17,20H2,1H3,(H,34,39)/b33-19+. The quantitative estimate of drug-likeness (QED) is 0.234. The van der Waals surface area contributed by atoms with Gasteiger partial charge in [-0.05, 0) is 47.9 Å². The molecule has 9 nitrogen and oxygen atoms in total. The molecule has 0 unspecified atom stereocenters. The second-order valence-electron chi connectivity index (χ2n) is 9.39. The Hall–Kier alpha value is -4.76. The molecular formula is C31H29ClN4O5. The number of ether oxygens (including phenoxy) is 2. The molecule has 1 fully saturated rings. The molecule has 0 radical (unpaired) electrons. The van der Waals surface area contributed by atoms with E-state index in [9.17, 15) is 14.7 Å². The van der Waals surface area contributed by atoms with Crippen molar-refractivity contribution in [3.63, 3.8) is 0 Å². The van der Waals surface area contributed by atoms with Crippen LogP contribution in [-0.4, -0.2) is 67.9 Å². The number of phenols is 1. The second kappa shape index (κ2) is 12.6. The Labute approximate surface area is 242 Å². The van der Waals surface area contributed by atoms with Gasteiger partial charge in [-0.3, -0.25) is 9.59 Å². The van der Waals surface area contributed by atoms with Crippen LogP contribution in [0.1, 0.15) is 15.9 Å². The van der Waals surface area contributed by atoms with Gasteiger partial charge in [0.05, 0.1) is 24.0 Å². The largest absolute Gasteiger partial charge is 0.506 e. The van der Waals surface area contributed by atoms with Crippen LogP contribution in [0, 0.1) is 0 Å². The second-order valence-corrected chi connectivity index (χ2v) is 9.80. The minimum Gasteiger partial charge on any atom is -0.506 e. The summed E-state index contributed by atoms with van der Waals surface area (Å²) < 4.78 is 11.5. The minimum absolute atomic E-state index is 0.0721. The Morgan fingerprint density at radius 1 is 0.951 bits per heavy atom. The van der Waals surface area contributed by atoms with Gasteiger partial charge in [-0.15, -0.1) is 0 Å². The summed E-state index contributed by atoms with van der Waals surface area (Å²) >= 11 is 5.89. The third-order valence-electron chi connectivity index (χ3n) is 6.91. The van der Waals surface area contributed by atoms with Gasteiger partial charge >= 0.3 is 0 Å². The van der Waals surface area contributed by atoms with E-state index in [0.717, 1.165) is 27.8 Å². The predicted molar refractivity (Wildman–Crippen MR) is 159 cm³/mol. The topological polar surface area (TPSA) is 104 Å². The molecule has 10 heteroatoms. The molecule has 41 heavy (non-hydrogen) atoms. The van der Waals surface area contributed by atoms with Crippen LogP contribution in [0.15, 0.2) is 84.0 Å². The predicted octanol–water partition coefficient (Wildman–Crippen LogP) is 4.70. The van der Waals surface area contributed by atoms with E-state index in [1.807, 2.05) is 59.5 Å². The van der Waals surface area contributed by atoms with Crippen LogP contribution >= 0.6 is 11.6 Å². The lowest BCUT2D eigenvalue weighted by atomic mass is 10.0. The van der Waals surface area contributed by atoms with Crippen molar-refractivity contribution in [2.24, 2.45) is 5.10 Å². The number of benzene rings is 4. The molecule has 1 saturated heterocycles. The molecule has 5 rings (SSSR count). The van der Waals surface area contributed by atoms with E-state index < -0.39 is 5.91 Å². The first-order chi connectivity index (χ1) is 19.9. The van der Waals surface area contributed by atoms with Crippen molar-refractivity contribution in [1.29, 1.82) is 0 Å². The summed E-state index contributed by atoms with van der Waals surface area (Å²) in [7, 11) is 1.66. The first-order valence-corrected chi connectivity index (χ1v) is 13.4. The number of rotatable bonds is 8. The van der Waals surface area contributed by atoms with Gasteiger partial charge in [0.25, 0.3) is 11.8 Å². The average Bonchev–Trinajstić information content (AvgIpc) is 3.01. The maximum absolute atomic E-state index is 13.0. The molecule has 1 aliphatic heterocycles. The maximum Gasteiger partial charge on any atom is 0.271 e. The number of para-hydroxylation sites is 2. The number of amides is 2. The van der Waals surface area contributed by atoms with Crippen LogP contribution in [0.25, 0.3) is 10.8 Å². The Morgan fingerprint density at radius 3 is 2.44 bits per heavy atom. The number of carbonyl (C=O) groups excluding carboxylic acids is 2. The number of nitrogens with one attached hydrogen (secondary N) is 1. The van der Waals surface area contributed by atoms with Crippen molar-refractivity contribution in [2.75, 3.05) is 44.8 Å². The third kappa shape index (κ3) is 6.36. The van der Waals surface area contributed by atoms with Crippen molar-refractivity contribution in [2.45, 2.75) is 0 Å². The van der Waals surface area contributed by atoms with Crippen LogP contribution in [-0.2, 0) is 4.79 Å². The van der Waals surface area contributed by atoms with Gasteiger partial charge in [0.2, 0.25) is 0 Å². The van der Waals surface area contributed by atoms with Crippen LogP contribution in [0.3, 0.4) is 0 Å². The lowest BCUT2D eigenvalue weighted by Gasteiger charge is -2.36. The van der Waals surface area contributed by atoms with E-state index in [4.69, 9.17) is 21.1 Å². The number of aromatic hydroxyl groups is 1. The smallest absolute Gasteiger partial charge is 0.271 e. The number of hydrogen-bond acceptors (Lipinski definition) is 7. The average molecular weight is 573 g/mol. The molecule has 210 valence electrons. The number of nitrogens with zero attached hydrogens (tertiary/aromatic N) is 3. The van der Waals surface area contributed by atoms with Crippen molar-refractivity contribution in [1.82, 2.24) is 10.3 Å². The summed E-state index contributed by atoms with van der Waals surface area (Å²) in [5, 5.41) is 15.4. The number of anilines is 1. The molecular weight excluding hydrogens is 544 g/mol. The minimum atomic E-state index is -0.463. The van der Waals surface area contributed by atoms with Gasteiger partial charge in [0, 0.05) is 42.7 Å². The van der Waals surface area contributed by atoms with Crippen molar-refractivity contribution >= 4 is 46.1 Å². The molecule has 1 aliphatic rings. The number of methoxy groups -OCH3 is 1.